The van der Waals surface area contributed by atoms with Crippen molar-refractivity contribution in [3.05, 3.63) is 106 Å². The molecule has 210 valence electrons. The Bertz CT molecular complexity index is 1810. The first-order valence-corrected chi connectivity index (χ1v) is 13.2. The second-order valence-electron chi connectivity index (χ2n) is 9.32. The SMILES string of the molecule is COc1cccc(NC(=O)c2cc(-c3ccc(/C=C4\C(=O)N(c5cccc(C6=NNNN6)c5)N=C4C)o3)ccc2Cl)c1. The van der Waals surface area contributed by atoms with E-state index in [1.165, 1.54) is 5.01 Å². The smallest absolute Gasteiger partial charge is 0.280 e. The predicted molar refractivity (Wildman–Crippen MR) is 161 cm³/mol. The summed E-state index contributed by atoms with van der Waals surface area (Å²) in [6.07, 6.45) is 1.65. The van der Waals surface area contributed by atoms with Crippen LogP contribution in [0, 0.1) is 0 Å². The summed E-state index contributed by atoms with van der Waals surface area (Å²) in [4.78, 5) is 26.4. The molecule has 0 spiro atoms. The molecule has 3 aromatic carbocycles. The van der Waals surface area contributed by atoms with Gasteiger partial charge in [-0.1, -0.05) is 29.8 Å². The summed E-state index contributed by atoms with van der Waals surface area (Å²) in [5, 5.41) is 13.0. The van der Waals surface area contributed by atoms with Crippen LogP contribution < -0.4 is 31.6 Å². The molecule has 6 rings (SSSR count). The number of hydrogen-bond acceptors (Lipinski definition) is 9. The second kappa shape index (κ2) is 11.2. The average molecular weight is 582 g/mol. The highest BCUT2D eigenvalue weighted by atomic mass is 35.5. The van der Waals surface area contributed by atoms with Gasteiger partial charge in [0.1, 0.15) is 17.3 Å². The van der Waals surface area contributed by atoms with Gasteiger partial charge >= 0.3 is 0 Å². The topological polar surface area (TPSA) is 133 Å². The zero-order chi connectivity index (χ0) is 29.2. The highest BCUT2D eigenvalue weighted by molar-refractivity contribution is 6.34. The van der Waals surface area contributed by atoms with Gasteiger partial charge in [-0.25, -0.2) is 5.53 Å². The molecular formula is C30H24ClN7O4. The van der Waals surface area contributed by atoms with Gasteiger partial charge in [0.15, 0.2) is 5.84 Å². The summed E-state index contributed by atoms with van der Waals surface area (Å²) in [5.41, 5.74) is 12.0. The number of hydrogen-bond donors (Lipinski definition) is 4. The Morgan fingerprint density at radius 2 is 1.90 bits per heavy atom. The molecule has 4 aromatic rings. The lowest BCUT2D eigenvalue weighted by atomic mass is 10.1. The molecule has 3 heterocycles. The fraction of sp³-hybridized carbons (Fsp3) is 0.0667. The van der Waals surface area contributed by atoms with Gasteiger partial charge in [0.05, 0.1) is 34.7 Å². The van der Waals surface area contributed by atoms with Crippen molar-refractivity contribution in [1.82, 2.24) is 16.5 Å². The Morgan fingerprint density at radius 1 is 1.05 bits per heavy atom. The number of nitrogens with zero attached hydrogens (tertiary/aromatic N) is 3. The molecule has 1 aromatic heterocycles. The average Bonchev–Trinajstić information content (AvgIpc) is 3.76. The van der Waals surface area contributed by atoms with E-state index in [1.807, 2.05) is 18.2 Å². The molecule has 4 N–H and O–H groups in total. The van der Waals surface area contributed by atoms with Gasteiger partial charge in [0.25, 0.3) is 11.8 Å². The molecular weight excluding hydrogens is 558 g/mol. The number of methoxy groups -OCH3 is 1. The summed E-state index contributed by atoms with van der Waals surface area (Å²) in [5.74, 6) is 1.51. The van der Waals surface area contributed by atoms with E-state index < -0.39 is 0 Å². The minimum Gasteiger partial charge on any atom is -0.497 e. The number of ether oxygens (including phenoxy) is 1. The van der Waals surface area contributed by atoms with E-state index in [2.05, 4.69) is 32.0 Å². The molecule has 0 fully saturated rings. The monoisotopic (exact) mass is 581 g/mol. The van der Waals surface area contributed by atoms with Crippen LogP contribution in [0.5, 0.6) is 5.75 Å². The van der Waals surface area contributed by atoms with Crippen molar-refractivity contribution in [1.29, 1.82) is 0 Å². The number of rotatable bonds is 7. The molecule has 0 bridgehead atoms. The molecule has 0 unspecified atom stereocenters. The van der Waals surface area contributed by atoms with Gasteiger partial charge in [0, 0.05) is 22.9 Å². The van der Waals surface area contributed by atoms with Crippen molar-refractivity contribution < 1.29 is 18.7 Å². The normalized spacial score (nSPS) is 15.3. The molecule has 0 saturated heterocycles. The van der Waals surface area contributed by atoms with Crippen LogP contribution in [-0.4, -0.2) is 30.5 Å². The summed E-state index contributed by atoms with van der Waals surface area (Å²) in [7, 11) is 1.56. The third-order valence-corrected chi connectivity index (χ3v) is 6.90. The van der Waals surface area contributed by atoms with Crippen molar-refractivity contribution in [3.8, 4) is 17.1 Å². The van der Waals surface area contributed by atoms with E-state index in [9.17, 15) is 9.59 Å². The van der Waals surface area contributed by atoms with Crippen LogP contribution in [0.25, 0.3) is 17.4 Å². The van der Waals surface area contributed by atoms with Gasteiger partial charge in [-0.15, -0.1) is 10.6 Å². The second-order valence-corrected chi connectivity index (χ2v) is 9.72. The Kier molecular flexibility index (Phi) is 7.17. The molecule has 12 heteroatoms. The molecule has 11 nitrogen and oxygen atoms in total. The number of nitrogens with one attached hydrogen (secondary N) is 4. The molecule has 0 saturated carbocycles. The van der Waals surface area contributed by atoms with Crippen LogP contribution in [0.1, 0.15) is 28.6 Å². The predicted octanol–water partition coefficient (Wildman–Crippen LogP) is 4.94. The van der Waals surface area contributed by atoms with Gasteiger partial charge in [-0.05, 0) is 67.6 Å². The first-order valence-electron chi connectivity index (χ1n) is 12.8. The van der Waals surface area contributed by atoms with Crippen molar-refractivity contribution in [2.45, 2.75) is 6.92 Å². The summed E-state index contributed by atoms with van der Waals surface area (Å²) < 4.78 is 11.3. The molecule has 0 atom stereocenters. The van der Waals surface area contributed by atoms with Gasteiger partial charge in [0.2, 0.25) is 0 Å². The number of carbonyl (C=O) groups excluding carboxylic acids is 2. The van der Waals surface area contributed by atoms with Crippen LogP contribution in [0.3, 0.4) is 0 Å². The first-order chi connectivity index (χ1) is 20.4. The number of amidine groups is 1. The van der Waals surface area contributed by atoms with E-state index >= 15 is 0 Å². The number of anilines is 2. The maximum Gasteiger partial charge on any atom is 0.280 e. The molecule has 2 amide bonds. The largest absolute Gasteiger partial charge is 0.497 e. The number of halogens is 1. The summed E-state index contributed by atoms with van der Waals surface area (Å²) in [6.45, 7) is 1.76. The van der Waals surface area contributed by atoms with Crippen molar-refractivity contribution in [2.24, 2.45) is 10.2 Å². The zero-order valence-corrected chi connectivity index (χ0v) is 23.2. The summed E-state index contributed by atoms with van der Waals surface area (Å²) in [6, 6.07) is 22.9. The molecule has 0 radical (unpaired) electrons. The van der Waals surface area contributed by atoms with Crippen LogP contribution >= 0.6 is 11.6 Å². The molecule has 2 aliphatic rings. The standard InChI is InChI=1S/C30H24ClN7O4/c1-17-24(30(40)38(35-17)21-7-3-5-19(13-21)28-33-36-37-34-28)16-23-10-12-27(42-23)18-9-11-26(31)25(14-18)29(39)32-20-6-4-8-22(15-20)41-2/h3-16,36-37H,1-2H3,(H,32,39)(H,33,34)/b24-16-. The lowest BCUT2D eigenvalue weighted by molar-refractivity contribution is -0.114. The Hall–Kier alpha value is -5.39. The van der Waals surface area contributed by atoms with Gasteiger partial charge < -0.3 is 14.5 Å². The van der Waals surface area contributed by atoms with Crippen LogP contribution in [0.15, 0.2) is 99.1 Å². The third kappa shape index (κ3) is 5.33. The Balaban J connectivity index is 1.21. The Labute approximate surface area is 245 Å². The lowest BCUT2D eigenvalue weighted by Crippen LogP contribution is -2.35. The number of hydrazone groups is 2. The molecule has 2 aliphatic heterocycles. The van der Waals surface area contributed by atoms with E-state index in [4.69, 9.17) is 20.8 Å². The maximum atomic E-state index is 13.3. The minimum absolute atomic E-state index is 0.283. The number of furan rings is 1. The zero-order valence-electron chi connectivity index (χ0n) is 22.4. The molecule has 0 aliphatic carbocycles. The Morgan fingerprint density at radius 3 is 2.71 bits per heavy atom. The molecule has 42 heavy (non-hydrogen) atoms. The fourth-order valence-electron chi connectivity index (χ4n) is 4.46. The van der Waals surface area contributed by atoms with Crippen molar-refractivity contribution >= 4 is 52.4 Å². The van der Waals surface area contributed by atoms with E-state index in [1.54, 1.807) is 80.8 Å². The van der Waals surface area contributed by atoms with E-state index in [0.717, 1.165) is 5.56 Å². The van der Waals surface area contributed by atoms with Crippen LogP contribution in [0.4, 0.5) is 11.4 Å². The first kappa shape index (κ1) is 26.8. The third-order valence-electron chi connectivity index (χ3n) is 6.57. The maximum absolute atomic E-state index is 13.3. The van der Waals surface area contributed by atoms with E-state index in [-0.39, 0.29) is 17.4 Å². The number of carbonyl (C=O) groups is 2. The number of amides is 2. The van der Waals surface area contributed by atoms with Crippen molar-refractivity contribution in [3.63, 3.8) is 0 Å². The van der Waals surface area contributed by atoms with Gasteiger partial charge in [-0.3, -0.25) is 15.0 Å². The van der Waals surface area contributed by atoms with Crippen LogP contribution in [0.2, 0.25) is 5.02 Å². The van der Waals surface area contributed by atoms with Gasteiger partial charge in [-0.2, -0.15) is 10.1 Å². The number of hydrazine groups is 2. The van der Waals surface area contributed by atoms with Crippen molar-refractivity contribution in [2.75, 3.05) is 17.4 Å². The number of benzene rings is 3. The highest BCUT2D eigenvalue weighted by Crippen LogP contribution is 2.30. The lowest BCUT2D eigenvalue weighted by Gasteiger charge is -2.13. The highest BCUT2D eigenvalue weighted by Gasteiger charge is 2.29. The minimum atomic E-state index is -0.375. The summed E-state index contributed by atoms with van der Waals surface area (Å²) >= 11 is 6.37. The fourth-order valence-corrected chi connectivity index (χ4v) is 4.66. The van der Waals surface area contributed by atoms with E-state index in [0.29, 0.717) is 56.4 Å². The quantitative estimate of drug-likeness (QED) is 0.227. The van der Waals surface area contributed by atoms with Crippen LogP contribution in [-0.2, 0) is 4.79 Å².